The molecule has 0 aromatic carbocycles. The van der Waals surface area contributed by atoms with E-state index in [1.807, 2.05) is 5.38 Å². The maximum absolute atomic E-state index is 12.0. The third kappa shape index (κ3) is 3.56. The van der Waals surface area contributed by atoms with Crippen LogP contribution in [-0.2, 0) is 26.1 Å². The van der Waals surface area contributed by atoms with Gasteiger partial charge in [-0.05, 0) is 19.3 Å². The summed E-state index contributed by atoms with van der Waals surface area (Å²) >= 11 is 1.52. The summed E-state index contributed by atoms with van der Waals surface area (Å²) < 4.78 is 38.0. The molecule has 2 atom stereocenters. The highest BCUT2D eigenvalue weighted by molar-refractivity contribution is 7.90. The molecule has 1 aromatic heterocycles. The molecule has 1 aromatic rings. The lowest BCUT2D eigenvalue weighted by molar-refractivity contribution is -0.0578. The van der Waals surface area contributed by atoms with Gasteiger partial charge in [0, 0.05) is 12.0 Å². The molecule has 3 rings (SSSR count). The van der Waals surface area contributed by atoms with Crippen LogP contribution in [0.25, 0.3) is 0 Å². The molecular formula is C12H18N2O4S2. The van der Waals surface area contributed by atoms with E-state index in [4.69, 9.17) is 9.47 Å². The van der Waals surface area contributed by atoms with Crippen LogP contribution >= 0.6 is 11.3 Å². The van der Waals surface area contributed by atoms with Crippen LogP contribution in [0.2, 0.25) is 0 Å². The van der Waals surface area contributed by atoms with Gasteiger partial charge in [0.1, 0.15) is 0 Å². The lowest BCUT2D eigenvalue weighted by Crippen LogP contribution is -2.51. The van der Waals surface area contributed by atoms with Crippen molar-refractivity contribution >= 4 is 21.4 Å². The van der Waals surface area contributed by atoms with E-state index in [1.54, 1.807) is 5.51 Å². The predicted octanol–water partition coefficient (Wildman–Crippen LogP) is 0.899. The van der Waals surface area contributed by atoms with Crippen molar-refractivity contribution in [2.45, 2.75) is 43.3 Å². The van der Waals surface area contributed by atoms with Gasteiger partial charge in [-0.25, -0.2) is 18.1 Å². The minimum absolute atomic E-state index is 0.154. The van der Waals surface area contributed by atoms with E-state index in [-0.39, 0.29) is 17.4 Å². The second-order valence-electron chi connectivity index (χ2n) is 5.16. The van der Waals surface area contributed by atoms with Gasteiger partial charge in [0.05, 0.1) is 41.8 Å². The molecule has 2 aliphatic rings. The van der Waals surface area contributed by atoms with Gasteiger partial charge < -0.3 is 9.47 Å². The fourth-order valence-electron chi connectivity index (χ4n) is 2.21. The smallest absolute Gasteiger partial charge is 0.214 e. The molecule has 6 nitrogen and oxygen atoms in total. The highest BCUT2D eigenvalue weighted by Gasteiger charge is 2.39. The third-order valence-corrected chi connectivity index (χ3v) is 6.12. The van der Waals surface area contributed by atoms with Crippen LogP contribution in [0.1, 0.15) is 25.0 Å². The van der Waals surface area contributed by atoms with Gasteiger partial charge in [0.25, 0.3) is 0 Å². The number of sulfonamides is 1. The number of hydrogen-bond acceptors (Lipinski definition) is 6. The van der Waals surface area contributed by atoms with E-state index >= 15 is 0 Å². The van der Waals surface area contributed by atoms with E-state index in [2.05, 4.69) is 9.71 Å². The first-order valence-electron chi connectivity index (χ1n) is 6.73. The number of ether oxygens (including phenoxy) is 2. The molecule has 8 heteroatoms. The SMILES string of the molecule is O=S(=O)(N[C@@H]1COCC[C@@H]1OCc1cscn1)C1CC1. The topological polar surface area (TPSA) is 77.5 Å². The molecule has 2 heterocycles. The zero-order chi connectivity index (χ0) is 14.0. The summed E-state index contributed by atoms with van der Waals surface area (Å²) in [4.78, 5) is 4.16. The number of nitrogens with one attached hydrogen (secondary N) is 1. The number of hydrogen-bond donors (Lipinski definition) is 1. The second-order valence-corrected chi connectivity index (χ2v) is 7.87. The van der Waals surface area contributed by atoms with Crippen LogP contribution < -0.4 is 4.72 Å². The first-order valence-corrected chi connectivity index (χ1v) is 9.21. The molecule has 1 aliphatic heterocycles. The van der Waals surface area contributed by atoms with Crippen molar-refractivity contribution in [1.82, 2.24) is 9.71 Å². The average Bonchev–Trinajstić information content (AvgIpc) is 3.17. The quantitative estimate of drug-likeness (QED) is 0.843. The zero-order valence-corrected chi connectivity index (χ0v) is 12.7. The summed E-state index contributed by atoms with van der Waals surface area (Å²) in [6, 6.07) is -0.298. The molecule has 0 bridgehead atoms. The lowest BCUT2D eigenvalue weighted by Gasteiger charge is -2.31. The minimum atomic E-state index is -3.22. The van der Waals surface area contributed by atoms with Gasteiger partial charge >= 0.3 is 0 Å². The van der Waals surface area contributed by atoms with Crippen molar-refractivity contribution in [1.29, 1.82) is 0 Å². The van der Waals surface area contributed by atoms with Crippen LogP contribution in [0, 0.1) is 0 Å². The normalized spacial score (nSPS) is 27.6. The molecule has 112 valence electrons. The Bertz CT molecular complexity index is 528. The second kappa shape index (κ2) is 6.07. The fraction of sp³-hybridized carbons (Fsp3) is 0.750. The van der Waals surface area contributed by atoms with E-state index in [0.29, 0.717) is 26.2 Å². The molecule has 20 heavy (non-hydrogen) atoms. The fourth-order valence-corrected chi connectivity index (χ4v) is 4.35. The minimum Gasteiger partial charge on any atom is -0.380 e. The Hall–Kier alpha value is -0.540. The standard InChI is InChI=1S/C12H18N2O4S2/c15-20(16,10-1-2-10)14-11-6-17-4-3-12(11)18-5-9-7-19-8-13-9/h7-8,10-12,14H,1-6H2/t11-,12+/m1/s1. The summed E-state index contributed by atoms with van der Waals surface area (Å²) in [6.45, 7) is 1.38. The monoisotopic (exact) mass is 318 g/mol. The number of aromatic nitrogens is 1. The van der Waals surface area contributed by atoms with Crippen molar-refractivity contribution < 1.29 is 17.9 Å². The maximum atomic E-state index is 12.0. The molecule has 1 N–H and O–H groups in total. The summed E-state index contributed by atoms with van der Waals surface area (Å²) in [5.74, 6) is 0. The van der Waals surface area contributed by atoms with Gasteiger partial charge in [0.2, 0.25) is 10.0 Å². The van der Waals surface area contributed by atoms with Gasteiger partial charge in [-0.15, -0.1) is 11.3 Å². The summed E-state index contributed by atoms with van der Waals surface area (Å²) in [5, 5.41) is 1.71. The number of rotatable bonds is 6. The Morgan fingerprint density at radius 2 is 2.30 bits per heavy atom. The van der Waals surface area contributed by atoms with Crippen molar-refractivity contribution in [3.05, 3.63) is 16.6 Å². The Labute approximate surface area is 122 Å². The first kappa shape index (κ1) is 14.4. The Morgan fingerprint density at radius 3 is 3.00 bits per heavy atom. The molecule has 1 saturated heterocycles. The average molecular weight is 318 g/mol. The molecule has 2 fully saturated rings. The zero-order valence-electron chi connectivity index (χ0n) is 11.0. The molecule has 1 saturated carbocycles. The third-order valence-electron chi connectivity index (χ3n) is 3.50. The van der Waals surface area contributed by atoms with Crippen molar-refractivity contribution in [2.75, 3.05) is 13.2 Å². The molecule has 0 amide bonds. The number of nitrogens with zero attached hydrogens (tertiary/aromatic N) is 1. The van der Waals surface area contributed by atoms with Gasteiger partial charge in [0.15, 0.2) is 0 Å². The van der Waals surface area contributed by atoms with Gasteiger partial charge in [-0.1, -0.05) is 0 Å². The van der Waals surface area contributed by atoms with Crippen molar-refractivity contribution in [3.63, 3.8) is 0 Å². The number of thiazole rings is 1. The van der Waals surface area contributed by atoms with Crippen LogP contribution in [0.5, 0.6) is 0 Å². The van der Waals surface area contributed by atoms with E-state index in [1.165, 1.54) is 11.3 Å². The Balaban J connectivity index is 1.58. The summed E-state index contributed by atoms with van der Waals surface area (Å²) in [5.41, 5.74) is 2.64. The largest absolute Gasteiger partial charge is 0.380 e. The maximum Gasteiger partial charge on any atom is 0.214 e. The van der Waals surface area contributed by atoms with Crippen LogP contribution in [-0.4, -0.2) is 44.0 Å². The highest BCUT2D eigenvalue weighted by Crippen LogP contribution is 2.28. The van der Waals surface area contributed by atoms with E-state index in [9.17, 15) is 8.42 Å². The van der Waals surface area contributed by atoms with Gasteiger partial charge in [-0.3, -0.25) is 0 Å². The first-order chi connectivity index (χ1) is 9.65. The van der Waals surface area contributed by atoms with E-state index in [0.717, 1.165) is 18.5 Å². The molecule has 0 unspecified atom stereocenters. The van der Waals surface area contributed by atoms with Crippen LogP contribution in [0.4, 0.5) is 0 Å². The van der Waals surface area contributed by atoms with E-state index < -0.39 is 10.0 Å². The molecular weight excluding hydrogens is 300 g/mol. The molecule has 0 spiro atoms. The van der Waals surface area contributed by atoms with Crippen molar-refractivity contribution in [3.8, 4) is 0 Å². The molecule has 1 aliphatic carbocycles. The Kier molecular flexibility index (Phi) is 4.37. The van der Waals surface area contributed by atoms with Crippen LogP contribution in [0.3, 0.4) is 0 Å². The van der Waals surface area contributed by atoms with Crippen molar-refractivity contribution in [2.24, 2.45) is 0 Å². The van der Waals surface area contributed by atoms with Gasteiger partial charge in [-0.2, -0.15) is 0 Å². The predicted molar refractivity (Wildman–Crippen MR) is 75.0 cm³/mol. The summed E-state index contributed by atoms with van der Waals surface area (Å²) in [7, 11) is -3.22. The summed E-state index contributed by atoms with van der Waals surface area (Å²) in [6.07, 6.45) is 2.06. The Morgan fingerprint density at radius 1 is 1.45 bits per heavy atom. The lowest BCUT2D eigenvalue weighted by atomic mass is 10.1. The highest BCUT2D eigenvalue weighted by atomic mass is 32.2. The van der Waals surface area contributed by atoms with Crippen LogP contribution in [0.15, 0.2) is 10.9 Å². The molecule has 0 radical (unpaired) electrons.